The molecule has 1 heterocycles. The number of benzene rings is 1. The smallest absolute Gasteiger partial charge is 0.238 e. The Morgan fingerprint density at radius 3 is 2.38 bits per heavy atom. The van der Waals surface area contributed by atoms with E-state index in [1.807, 2.05) is 31.2 Å². The zero-order valence-electron chi connectivity index (χ0n) is 23.7. The lowest BCUT2D eigenvalue weighted by Gasteiger charge is -2.50. The van der Waals surface area contributed by atoms with Crippen LogP contribution in [0.3, 0.4) is 0 Å². The molecule has 9 heteroatoms. The molecular weight excluding hydrogens is 504 g/mol. The molecule has 1 unspecified atom stereocenters. The van der Waals surface area contributed by atoms with E-state index in [0.29, 0.717) is 30.8 Å². The van der Waals surface area contributed by atoms with Gasteiger partial charge in [-0.05, 0) is 42.5 Å². The Balaban J connectivity index is 1.86. The van der Waals surface area contributed by atoms with Crippen molar-refractivity contribution in [1.29, 1.82) is 0 Å². The van der Waals surface area contributed by atoms with Gasteiger partial charge in [0.05, 0.1) is 32.0 Å². The number of terminal acetylenes is 1. The first-order valence-corrected chi connectivity index (χ1v) is 13.0. The summed E-state index contributed by atoms with van der Waals surface area (Å²) in [5.74, 6) is 2.23. The topological polar surface area (TPSA) is 98.8 Å². The first-order chi connectivity index (χ1) is 18.6. The van der Waals surface area contributed by atoms with E-state index in [1.54, 1.807) is 21.0 Å². The van der Waals surface area contributed by atoms with Crippen LogP contribution in [0.4, 0.5) is 0 Å². The van der Waals surface area contributed by atoms with Crippen molar-refractivity contribution in [2.45, 2.75) is 70.6 Å². The van der Waals surface area contributed by atoms with Crippen LogP contribution in [0.15, 0.2) is 35.4 Å². The molecule has 0 saturated carbocycles. The summed E-state index contributed by atoms with van der Waals surface area (Å²) < 4.78 is 39.5. The maximum Gasteiger partial charge on any atom is 0.238 e. The van der Waals surface area contributed by atoms with Gasteiger partial charge in [-0.1, -0.05) is 26.0 Å². The maximum absolute atomic E-state index is 14.0. The van der Waals surface area contributed by atoms with E-state index >= 15 is 0 Å². The summed E-state index contributed by atoms with van der Waals surface area (Å²) >= 11 is 0. The monoisotopic (exact) mass is 544 g/mol. The van der Waals surface area contributed by atoms with Gasteiger partial charge in [0.15, 0.2) is 11.4 Å². The fourth-order valence-corrected chi connectivity index (χ4v) is 5.60. The standard InChI is InChI=1S/C30H40O9/c1-8-27(32)30(39-19-34-6)16-26(38-18-33-5)20(2)28(29(30,3)4)23(31)15-25-24(13-14-36-25)37-17-21-9-11-22(35-7)12-10-21/h1,9-12,24-26H,13-19H2,2-7H3/t24-,25?,26-,30+/m0/s1. The predicted molar refractivity (Wildman–Crippen MR) is 143 cm³/mol. The highest BCUT2D eigenvalue weighted by Gasteiger charge is 2.59. The molecule has 0 aromatic heterocycles. The van der Waals surface area contributed by atoms with Crippen molar-refractivity contribution in [2.75, 3.05) is 41.5 Å². The third kappa shape index (κ3) is 6.60. The summed E-state index contributed by atoms with van der Waals surface area (Å²) in [5, 5.41) is 0. The fourth-order valence-electron chi connectivity index (χ4n) is 5.60. The minimum absolute atomic E-state index is 0.0263. The lowest BCUT2D eigenvalue weighted by Crippen LogP contribution is -2.60. The molecule has 1 fully saturated rings. The number of hydrogen-bond acceptors (Lipinski definition) is 9. The van der Waals surface area contributed by atoms with Crippen LogP contribution in [-0.2, 0) is 44.6 Å². The summed E-state index contributed by atoms with van der Waals surface area (Å²) in [6.07, 6.45) is 5.14. The van der Waals surface area contributed by atoms with E-state index in [9.17, 15) is 9.59 Å². The predicted octanol–water partition coefficient (Wildman–Crippen LogP) is 3.63. The van der Waals surface area contributed by atoms with Crippen molar-refractivity contribution in [3.63, 3.8) is 0 Å². The maximum atomic E-state index is 14.0. The number of hydrogen-bond donors (Lipinski definition) is 0. The molecule has 0 spiro atoms. The molecule has 1 aromatic carbocycles. The second-order valence-electron chi connectivity index (χ2n) is 10.3. The second kappa shape index (κ2) is 13.7. The minimum Gasteiger partial charge on any atom is -0.497 e. The SMILES string of the molecule is C#CC(=O)[C@]1(OCOC)C[C@H](OCOC)C(C)=C(C(=O)CC2OCC[C@@H]2OCc2ccc(OC)cc2)C1(C)C. The van der Waals surface area contributed by atoms with Crippen LogP contribution in [0, 0.1) is 17.8 Å². The van der Waals surface area contributed by atoms with Gasteiger partial charge in [0.1, 0.15) is 19.3 Å². The number of Topliss-reactive ketones (excluding diaryl/α,β-unsaturated/α-hetero) is 2. The largest absolute Gasteiger partial charge is 0.497 e. The molecule has 1 saturated heterocycles. The lowest BCUT2D eigenvalue weighted by molar-refractivity contribution is -0.198. The van der Waals surface area contributed by atoms with Gasteiger partial charge in [0.25, 0.3) is 0 Å². The van der Waals surface area contributed by atoms with Gasteiger partial charge in [0.2, 0.25) is 5.78 Å². The van der Waals surface area contributed by atoms with Crippen molar-refractivity contribution in [3.8, 4) is 18.1 Å². The number of carbonyl (C=O) groups excluding carboxylic acids is 2. The van der Waals surface area contributed by atoms with Gasteiger partial charge in [-0.3, -0.25) is 9.59 Å². The van der Waals surface area contributed by atoms with Crippen LogP contribution in [0.2, 0.25) is 0 Å². The summed E-state index contributed by atoms with van der Waals surface area (Å²) in [6, 6.07) is 7.64. The second-order valence-corrected chi connectivity index (χ2v) is 10.3. The number of ether oxygens (including phenoxy) is 7. The molecule has 214 valence electrons. The molecule has 39 heavy (non-hydrogen) atoms. The zero-order chi connectivity index (χ0) is 28.6. The average molecular weight is 545 g/mol. The molecular formula is C30H40O9. The molecule has 0 radical (unpaired) electrons. The van der Waals surface area contributed by atoms with Crippen LogP contribution >= 0.6 is 0 Å². The van der Waals surface area contributed by atoms with Crippen LogP contribution in [0.1, 0.15) is 45.6 Å². The van der Waals surface area contributed by atoms with Crippen LogP contribution in [0.25, 0.3) is 0 Å². The zero-order valence-corrected chi connectivity index (χ0v) is 23.7. The Bertz CT molecular complexity index is 1070. The number of methoxy groups -OCH3 is 3. The molecule has 3 rings (SSSR count). The van der Waals surface area contributed by atoms with Gasteiger partial charge in [-0.15, -0.1) is 6.42 Å². The fraction of sp³-hybridized carbons (Fsp3) is 0.600. The van der Waals surface area contributed by atoms with Gasteiger partial charge >= 0.3 is 0 Å². The molecule has 1 aromatic rings. The summed E-state index contributed by atoms with van der Waals surface area (Å²) in [5.41, 5.74) is -0.496. The lowest BCUT2D eigenvalue weighted by atomic mass is 9.58. The Hall–Kier alpha value is -2.58. The van der Waals surface area contributed by atoms with E-state index in [-0.39, 0.29) is 38.3 Å². The van der Waals surface area contributed by atoms with Crippen LogP contribution in [0.5, 0.6) is 5.75 Å². The Morgan fingerprint density at radius 2 is 1.77 bits per heavy atom. The summed E-state index contributed by atoms with van der Waals surface area (Å²) in [4.78, 5) is 27.3. The molecule has 0 bridgehead atoms. The Morgan fingerprint density at radius 1 is 1.08 bits per heavy atom. The first kappa shape index (κ1) is 31.0. The Kier molecular flexibility index (Phi) is 10.8. The van der Waals surface area contributed by atoms with E-state index in [4.69, 9.17) is 39.6 Å². The minimum atomic E-state index is -1.54. The third-order valence-electron chi connectivity index (χ3n) is 7.73. The molecule has 0 amide bonds. The number of ketones is 2. The quantitative estimate of drug-likeness (QED) is 0.198. The average Bonchev–Trinajstić information content (AvgIpc) is 3.37. The highest BCUT2D eigenvalue weighted by molar-refractivity contribution is 6.06. The highest BCUT2D eigenvalue weighted by atomic mass is 16.7. The van der Waals surface area contributed by atoms with Crippen molar-refractivity contribution < 1.29 is 42.7 Å². The van der Waals surface area contributed by atoms with E-state index in [2.05, 4.69) is 5.92 Å². The summed E-state index contributed by atoms with van der Waals surface area (Å²) in [7, 11) is 4.58. The molecule has 9 nitrogen and oxygen atoms in total. The molecule has 0 N–H and O–H groups in total. The normalized spacial score (nSPS) is 26.3. The van der Waals surface area contributed by atoms with Crippen LogP contribution in [-0.4, -0.2) is 77.0 Å². The molecule has 2 aliphatic rings. The Labute approximate surface area is 231 Å². The van der Waals surface area contributed by atoms with E-state index in [0.717, 1.165) is 11.3 Å². The third-order valence-corrected chi connectivity index (χ3v) is 7.73. The number of carbonyl (C=O) groups is 2. The first-order valence-electron chi connectivity index (χ1n) is 13.0. The van der Waals surface area contributed by atoms with Crippen molar-refractivity contribution in [1.82, 2.24) is 0 Å². The van der Waals surface area contributed by atoms with Crippen molar-refractivity contribution >= 4 is 11.6 Å². The van der Waals surface area contributed by atoms with E-state index < -0.39 is 29.0 Å². The van der Waals surface area contributed by atoms with Crippen LogP contribution < -0.4 is 4.74 Å². The van der Waals surface area contributed by atoms with Crippen molar-refractivity contribution in [3.05, 3.63) is 41.0 Å². The highest BCUT2D eigenvalue weighted by Crippen LogP contribution is 2.51. The van der Waals surface area contributed by atoms with Gasteiger partial charge in [-0.2, -0.15) is 0 Å². The molecule has 1 aliphatic carbocycles. The van der Waals surface area contributed by atoms with Gasteiger partial charge in [-0.25, -0.2) is 0 Å². The number of rotatable bonds is 14. The summed E-state index contributed by atoms with van der Waals surface area (Å²) in [6.45, 7) is 6.10. The van der Waals surface area contributed by atoms with Gasteiger partial charge < -0.3 is 33.2 Å². The van der Waals surface area contributed by atoms with Gasteiger partial charge in [0, 0.05) is 44.7 Å². The van der Waals surface area contributed by atoms with E-state index in [1.165, 1.54) is 14.2 Å². The molecule has 1 aliphatic heterocycles. The van der Waals surface area contributed by atoms with Crippen molar-refractivity contribution in [2.24, 2.45) is 5.41 Å². The molecule has 4 atom stereocenters.